The zero-order valence-electron chi connectivity index (χ0n) is 12.5. The van der Waals surface area contributed by atoms with Crippen molar-refractivity contribution < 1.29 is 4.65 Å². The zero-order chi connectivity index (χ0) is 13.7. The normalized spacial score (nSPS) is 17.8. The third-order valence-corrected chi connectivity index (χ3v) is 2.68. The number of rotatable bonds is 2. The molecule has 0 radical (unpaired) electrons. The van der Waals surface area contributed by atoms with Gasteiger partial charge in [-0.05, 0) is 46.3 Å². The van der Waals surface area contributed by atoms with E-state index < -0.39 is 0 Å². The van der Waals surface area contributed by atoms with Crippen molar-refractivity contribution in [2.75, 3.05) is 41.8 Å². The molecule has 4 heteroatoms. The summed E-state index contributed by atoms with van der Waals surface area (Å²) in [6.45, 7) is 3.33. The summed E-state index contributed by atoms with van der Waals surface area (Å²) in [5, 5.41) is 0. The minimum atomic E-state index is 0.246. The second kappa shape index (κ2) is 6.93. The summed E-state index contributed by atoms with van der Waals surface area (Å²) >= 11 is 0. The molecule has 0 saturated carbocycles. The van der Waals surface area contributed by atoms with Crippen molar-refractivity contribution >= 4 is 12.4 Å². The van der Waals surface area contributed by atoms with Gasteiger partial charge < -0.3 is 14.5 Å². The molecule has 1 aromatic rings. The standard InChI is InChI=1S/C11H16BNO.C3H9N/c1-12-10-7-5-4-6-9(10)11(14-12)8-13(2)3;1-4(2)3/h4-7,11H,8H2,1-3H3;1-3H3. The number of benzene rings is 1. The summed E-state index contributed by atoms with van der Waals surface area (Å²) in [5.41, 5.74) is 2.70. The Bertz CT molecular complexity index is 364. The molecule has 1 heterocycles. The predicted octanol–water partition coefficient (Wildman–Crippen LogP) is 1.33. The Morgan fingerprint density at radius 1 is 1.11 bits per heavy atom. The lowest BCUT2D eigenvalue weighted by Gasteiger charge is -2.17. The van der Waals surface area contributed by atoms with Crippen molar-refractivity contribution in [3.8, 4) is 0 Å². The highest BCUT2D eigenvalue weighted by molar-refractivity contribution is 6.67. The lowest BCUT2D eigenvalue weighted by molar-refractivity contribution is 0.176. The molecule has 0 aromatic heterocycles. The van der Waals surface area contributed by atoms with Crippen molar-refractivity contribution in [2.24, 2.45) is 0 Å². The van der Waals surface area contributed by atoms with Crippen LogP contribution in [0.5, 0.6) is 0 Å². The summed E-state index contributed by atoms with van der Waals surface area (Å²) in [6.07, 6.45) is 0.246. The molecule has 1 aliphatic rings. The van der Waals surface area contributed by atoms with Gasteiger partial charge in [0, 0.05) is 6.54 Å². The lowest BCUT2D eigenvalue weighted by atomic mass is 9.64. The average Bonchev–Trinajstić information content (AvgIpc) is 2.55. The number of hydrogen-bond acceptors (Lipinski definition) is 3. The third kappa shape index (κ3) is 4.44. The summed E-state index contributed by atoms with van der Waals surface area (Å²) in [7, 11) is 10.2. The number of fused-ring (bicyclic) bond motifs is 1. The van der Waals surface area contributed by atoms with E-state index in [2.05, 4.69) is 50.1 Å². The van der Waals surface area contributed by atoms with Gasteiger partial charge in [-0.2, -0.15) is 0 Å². The molecule has 1 unspecified atom stereocenters. The van der Waals surface area contributed by atoms with Crippen LogP contribution in [0.25, 0.3) is 0 Å². The fourth-order valence-electron chi connectivity index (χ4n) is 2.04. The van der Waals surface area contributed by atoms with Crippen LogP contribution in [-0.2, 0) is 4.65 Å². The molecule has 0 spiro atoms. The molecule has 1 aliphatic heterocycles. The van der Waals surface area contributed by atoms with E-state index in [1.807, 2.05) is 26.0 Å². The highest BCUT2D eigenvalue weighted by Crippen LogP contribution is 2.24. The van der Waals surface area contributed by atoms with Crippen molar-refractivity contribution in [3.63, 3.8) is 0 Å². The van der Waals surface area contributed by atoms with Gasteiger partial charge in [-0.25, -0.2) is 0 Å². The molecule has 18 heavy (non-hydrogen) atoms. The largest absolute Gasteiger partial charge is 0.423 e. The number of hydrogen-bond donors (Lipinski definition) is 0. The molecule has 100 valence electrons. The van der Waals surface area contributed by atoms with Crippen LogP contribution in [0.3, 0.4) is 0 Å². The molecule has 0 amide bonds. The Hall–Kier alpha value is -0.835. The fraction of sp³-hybridized carbons (Fsp3) is 0.571. The molecule has 3 nitrogen and oxygen atoms in total. The van der Waals surface area contributed by atoms with Crippen LogP contribution in [-0.4, -0.2) is 58.5 Å². The molecular formula is C14H25BN2O. The summed E-state index contributed by atoms with van der Waals surface area (Å²) in [4.78, 5) is 4.17. The van der Waals surface area contributed by atoms with Crippen molar-refractivity contribution in [1.29, 1.82) is 0 Å². The first-order valence-corrected chi connectivity index (χ1v) is 6.41. The third-order valence-electron chi connectivity index (χ3n) is 2.68. The van der Waals surface area contributed by atoms with Gasteiger partial charge >= 0.3 is 6.92 Å². The monoisotopic (exact) mass is 248 g/mol. The first kappa shape index (κ1) is 15.2. The highest BCUT2D eigenvalue weighted by Gasteiger charge is 2.31. The zero-order valence-corrected chi connectivity index (χ0v) is 12.5. The van der Waals surface area contributed by atoms with Crippen LogP contribution in [0, 0.1) is 0 Å². The van der Waals surface area contributed by atoms with Crippen molar-refractivity contribution in [3.05, 3.63) is 29.8 Å². The van der Waals surface area contributed by atoms with E-state index >= 15 is 0 Å². The van der Waals surface area contributed by atoms with Gasteiger partial charge in [0.2, 0.25) is 0 Å². The summed E-state index contributed by atoms with van der Waals surface area (Å²) in [6, 6.07) is 8.50. The van der Waals surface area contributed by atoms with E-state index in [9.17, 15) is 0 Å². The van der Waals surface area contributed by atoms with Crippen LogP contribution >= 0.6 is 0 Å². The Balaban J connectivity index is 0.000000357. The minimum absolute atomic E-state index is 0.246. The van der Waals surface area contributed by atoms with Gasteiger partial charge in [0.05, 0.1) is 6.10 Å². The smallest absolute Gasteiger partial charge is 0.324 e. The van der Waals surface area contributed by atoms with E-state index in [1.54, 1.807) is 0 Å². The van der Waals surface area contributed by atoms with E-state index in [1.165, 1.54) is 11.0 Å². The van der Waals surface area contributed by atoms with Gasteiger partial charge in [-0.15, -0.1) is 0 Å². The van der Waals surface area contributed by atoms with E-state index in [-0.39, 0.29) is 13.0 Å². The molecule has 0 fully saturated rings. The maximum Gasteiger partial charge on any atom is 0.324 e. The van der Waals surface area contributed by atoms with Gasteiger partial charge in [-0.3, -0.25) is 0 Å². The SMILES string of the molecule is CB1OC(CN(C)C)c2ccccc21.CN(C)C. The topological polar surface area (TPSA) is 15.7 Å². The van der Waals surface area contributed by atoms with Crippen LogP contribution in [0.4, 0.5) is 0 Å². The second-order valence-electron chi connectivity index (χ2n) is 5.50. The maximum absolute atomic E-state index is 5.90. The molecule has 0 aliphatic carbocycles. The Morgan fingerprint density at radius 2 is 1.67 bits per heavy atom. The molecule has 0 N–H and O–H groups in total. The average molecular weight is 248 g/mol. The van der Waals surface area contributed by atoms with Gasteiger partial charge in [0.1, 0.15) is 0 Å². The van der Waals surface area contributed by atoms with E-state index in [0.29, 0.717) is 0 Å². The van der Waals surface area contributed by atoms with E-state index in [0.717, 1.165) is 6.54 Å². The highest BCUT2D eigenvalue weighted by atomic mass is 16.5. The van der Waals surface area contributed by atoms with Gasteiger partial charge in [0.25, 0.3) is 0 Å². The fourth-order valence-corrected chi connectivity index (χ4v) is 2.04. The quantitative estimate of drug-likeness (QED) is 0.734. The Kier molecular flexibility index (Phi) is 5.86. The van der Waals surface area contributed by atoms with Crippen molar-refractivity contribution in [2.45, 2.75) is 12.9 Å². The van der Waals surface area contributed by atoms with Crippen LogP contribution in [0.15, 0.2) is 24.3 Å². The second-order valence-corrected chi connectivity index (χ2v) is 5.50. The van der Waals surface area contributed by atoms with E-state index in [4.69, 9.17) is 4.65 Å². The Morgan fingerprint density at radius 3 is 2.22 bits per heavy atom. The van der Waals surface area contributed by atoms with Gasteiger partial charge in [0.15, 0.2) is 0 Å². The molecule has 0 bridgehead atoms. The molecule has 1 aromatic carbocycles. The minimum Gasteiger partial charge on any atom is -0.423 e. The predicted molar refractivity (Wildman–Crippen MR) is 79.7 cm³/mol. The molecular weight excluding hydrogens is 223 g/mol. The van der Waals surface area contributed by atoms with Crippen LogP contribution < -0.4 is 5.46 Å². The molecule has 1 atom stereocenters. The first-order valence-electron chi connectivity index (χ1n) is 6.41. The lowest BCUT2D eigenvalue weighted by Crippen LogP contribution is -2.24. The first-order chi connectivity index (χ1) is 8.41. The molecule has 0 saturated heterocycles. The number of likely N-dealkylation sites (N-methyl/N-ethyl adjacent to an activating group) is 1. The molecule has 2 rings (SSSR count). The van der Waals surface area contributed by atoms with Crippen molar-refractivity contribution in [1.82, 2.24) is 9.80 Å². The van der Waals surface area contributed by atoms with Crippen LogP contribution in [0.1, 0.15) is 11.7 Å². The summed E-state index contributed by atoms with van der Waals surface area (Å²) < 4.78 is 5.90. The Labute approximate surface area is 112 Å². The number of nitrogens with zero attached hydrogens (tertiary/aromatic N) is 2. The summed E-state index contributed by atoms with van der Waals surface area (Å²) in [5.74, 6) is 0. The van der Waals surface area contributed by atoms with Crippen LogP contribution in [0.2, 0.25) is 6.82 Å². The maximum atomic E-state index is 5.90. The van der Waals surface area contributed by atoms with Gasteiger partial charge in [-0.1, -0.05) is 31.1 Å².